The topological polar surface area (TPSA) is 50.4 Å². The molecule has 2 aliphatic rings. The van der Waals surface area contributed by atoms with Crippen molar-refractivity contribution >= 4 is 23.2 Å². The molecule has 1 aliphatic carbocycles. The van der Waals surface area contributed by atoms with Crippen LogP contribution in [0.25, 0.3) is 5.57 Å². The Hall–Kier alpha value is -3.50. The highest BCUT2D eigenvalue weighted by atomic mass is 35.5. The number of allylic oxidation sites excluding steroid dienone is 2. The van der Waals surface area contributed by atoms with Gasteiger partial charge >= 0.3 is 6.03 Å². The van der Waals surface area contributed by atoms with Crippen LogP contribution in [0.2, 0.25) is 5.02 Å². The molecular weight excluding hydrogens is 420 g/mol. The fourth-order valence-corrected chi connectivity index (χ4v) is 4.70. The summed E-state index contributed by atoms with van der Waals surface area (Å²) >= 11 is 6.18. The minimum absolute atomic E-state index is 0.0858. The van der Waals surface area contributed by atoms with Gasteiger partial charge in [-0.25, -0.2) is 4.79 Å². The highest BCUT2D eigenvalue weighted by Crippen LogP contribution is 2.46. The smallest absolute Gasteiger partial charge is 0.319 e. The predicted octanol–water partition coefficient (Wildman–Crippen LogP) is 6.23. The second kappa shape index (κ2) is 8.56. The average Bonchev–Trinajstić information content (AvgIpc) is 2.84. The summed E-state index contributed by atoms with van der Waals surface area (Å²) in [6.07, 6.45) is 2.95. The Morgan fingerprint density at radius 2 is 1.59 bits per heavy atom. The Labute approximate surface area is 192 Å². The van der Waals surface area contributed by atoms with E-state index in [0.717, 1.165) is 34.6 Å². The Balaban J connectivity index is 1.66. The first-order valence-electron chi connectivity index (χ1n) is 10.6. The maximum atomic E-state index is 12.6. The summed E-state index contributed by atoms with van der Waals surface area (Å²) in [5.74, 6) is 0.870. The van der Waals surface area contributed by atoms with E-state index in [1.807, 2.05) is 54.6 Å². The predicted molar refractivity (Wildman–Crippen MR) is 128 cm³/mol. The lowest BCUT2D eigenvalue weighted by molar-refractivity contribution is 0.238. The molecule has 5 heteroatoms. The third kappa shape index (κ3) is 3.90. The summed E-state index contributed by atoms with van der Waals surface area (Å²) in [6.45, 7) is 0. The minimum atomic E-state index is -0.237. The van der Waals surface area contributed by atoms with Crippen LogP contribution in [0.5, 0.6) is 5.75 Å². The molecule has 0 saturated heterocycles. The van der Waals surface area contributed by atoms with Gasteiger partial charge in [-0.05, 0) is 64.6 Å². The fourth-order valence-electron chi connectivity index (χ4n) is 4.57. The van der Waals surface area contributed by atoms with Gasteiger partial charge in [-0.1, -0.05) is 66.2 Å². The Morgan fingerprint density at radius 3 is 2.28 bits per heavy atom. The van der Waals surface area contributed by atoms with Gasteiger partial charge in [-0.15, -0.1) is 0 Å². The van der Waals surface area contributed by atoms with E-state index in [1.54, 1.807) is 7.11 Å². The molecule has 2 amide bonds. The lowest BCUT2D eigenvalue weighted by Gasteiger charge is -2.38. The number of hydrogen-bond acceptors (Lipinski definition) is 2. The molecule has 0 fully saturated rings. The average molecular weight is 443 g/mol. The van der Waals surface area contributed by atoms with Crippen molar-refractivity contribution in [2.24, 2.45) is 0 Å². The van der Waals surface area contributed by atoms with Gasteiger partial charge in [0, 0.05) is 16.6 Å². The number of hydrogen-bond donors (Lipinski definition) is 2. The summed E-state index contributed by atoms with van der Waals surface area (Å²) in [6, 6.07) is 25.7. The third-order valence-electron chi connectivity index (χ3n) is 6.13. The standard InChI is InChI=1S/C27H23ClN2O2/c1-32-22-13-9-19(10-14-22)26-25-23(18-7-11-21(28)12-8-18)15-20(17-5-3-2-4-6-17)16-24(25)29-27(31)30-26/h2-14,16,23,26H,15H2,1H3,(H2,29,30,31). The summed E-state index contributed by atoms with van der Waals surface area (Å²) < 4.78 is 5.32. The Bertz CT molecular complexity index is 1200. The van der Waals surface area contributed by atoms with Gasteiger partial charge in [0.1, 0.15) is 5.75 Å². The number of carbonyl (C=O) groups excluding carboxylic acids is 1. The van der Waals surface area contributed by atoms with Crippen molar-refractivity contribution in [2.75, 3.05) is 7.11 Å². The molecule has 2 atom stereocenters. The zero-order chi connectivity index (χ0) is 22.1. The zero-order valence-electron chi connectivity index (χ0n) is 17.6. The first kappa shape index (κ1) is 20.4. The number of nitrogens with one attached hydrogen (secondary N) is 2. The van der Waals surface area contributed by atoms with Gasteiger partial charge < -0.3 is 15.4 Å². The van der Waals surface area contributed by atoms with Crippen LogP contribution in [0.3, 0.4) is 0 Å². The van der Waals surface area contributed by atoms with Crippen molar-refractivity contribution < 1.29 is 9.53 Å². The molecule has 3 aromatic rings. The molecule has 0 bridgehead atoms. The van der Waals surface area contributed by atoms with Crippen molar-refractivity contribution in [2.45, 2.75) is 18.4 Å². The van der Waals surface area contributed by atoms with Crippen LogP contribution >= 0.6 is 11.6 Å². The second-order valence-corrected chi connectivity index (χ2v) is 8.45. The zero-order valence-corrected chi connectivity index (χ0v) is 18.4. The first-order valence-corrected chi connectivity index (χ1v) is 11.0. The number of methoxy groups -OCH3 is 1. The molecule has 1 aliphatic heterocycles. The van der Waals surface area contributed by atoms with Crippen molar-refractivity contribution in [3.05, 3.63) is 118 Å². The number of rotatable bonds is 4. The molecule has 2 N–H and O–H groups in total. The Kier molecular flexibility index (Phi) is 5.46. The van der Waals surface area contributed by atoms with Crippen LogP contribution in [0.15, 0.2) is 96.2 Å². The fraction of sp³-hybridized carbons (Fsp3) is 0.148. The molecule has 0 aromatic heterocycles. The SMILES string of the molecule is COc1ccc(C2NC(=O)NC3=C2C(c2ccc(Cl)cc2)CC(c2ccccc2)=C3)cc1. The lowest BCUT2D eigenvalue weighted by atomic mass is 9.74. The number of ether oxygens (including phenoxy) is 1. The van der Waals surface area contributed by atoms with Gasteiger partial charge in [0.05, 0.1) is 13.2 Å². The summed E-state index contributed by atoms with van der Waals surface area (Å²) in [5, 5.41) is 6.89. The molecule has 0 saturated carbocycles. The number of amides is 2. The molecule has 5 rings (SSSR count). The highest BCUT2D eigenvalue weighted by Gasteiger charge is 2.36. The van der Waals surface area contributed by atoms with Crippen LogP contribution in [0.4, 0.5) is 4.79 Å². The van der Waals surface area contributed by atoms with Crippen LogP contribution in [-0.2, 0) is 0 Å². The second-order valence-electron chi connectivity index (χ2n) is 8.02. The largest absolute Gasteiger partial charge is 0.497 e. The maximum Gasteiger partial charge on any atom is 0.319 e. The Morgan fingerprint density at radius 1 is 0.906 bits per heavy atom. The summed E-state index contributed by atoms with van der Waals surface area (Å²) in [5.41, 5.74) is 6.55. The van der Waals surface area contributed by atoms with E-state index in [2.05, 4.69) is 41.0 Å². The first-order chi connectivity index (χ1) is 15.6. The van der Waals surface area contributed by atoms with Crippen molar-refractivity contribution in [3.63, 3.8) is 0 Å². The van der Waals surface area contributed by atoms with E-state index in [-0.39, 0.29) is 18.0 Å². The number of urea groups is 1. The van der Waals surface area contributed by atoms with Gasteiger partial charge in [-0.3, -0.25) is 0 Å². The summed E-state index contributed by atoms with van der Waals surface area (Å²) in [7, 11) is 1.65. The van der Waals surface area contributed by atoms with Crippen molar-refractivity contribution in [1.29, 1.82) is 0 Å². The number of halogens is 1. The van der Waals surface area contributed by atoms with Crippen molar-refractivity contribution in [1.82, 2.24) is 10.6 Å². The van der Waals surface area contributed by atoms with Gasteiger partial charge in [0.15, 0.2) is 0 Å². The van der Waals surface area contributed by atoms with Crippen molar-refractivity contribution in [3.8, 4) is 5.75 Å². The van der Waals surface area contributed by atoms with Crippen LogP contribution < -0.4 is 15.4 Å². The maximum absolute atomic E-state index is 12.6. The normalized spacial score (nSPS) is 20.1. The van der Waals surface area contributed by atoms with Crippen LogP contribution in [-0.4, -0.2) is 13.1 Å². The van der Waals surface area contributed by atoms with E-state index in [1.165, 1.54) is 11.1 Å². The molecule has 160 valence electrons. The van der Waals surface area contributed by atoms with E-state index in [4.69, 9.17) is 16.3 Å². The third-order valence-corrected chi connectivity index (χ3v) is 6.38. The van der Waals surface area contributed by atoms with E-state index in [9.17, 15) is 4.79 Å². The molecule has 0 spiro atoms. The minimum Gasteiger partial charge on any atom is -0.497 e. The van der Waals surface area contributed by atoms with Gasteiger partial charge in [-0.2, -0.15) is 0 Å². The monoisotopic (exact) mass is 442 g/mol. The van der Waals surface area contributed by atoms with E-state index >= 15 is 0 Å². The van der Waals surface area contributed by atoms with Crippen LogP contribution in [0, 0.1) is 0 Å². The molecule has 2 unspecified atom stereocenters. The molecule has 3 aromatic carbocycles. The quantitative estimate of drug-likeness (QED) is 0.503. The lowest BCUT2D eigenvalue weighted by Crippen LogP contribution is -2.45. The number of benzene rings is 3. The van der Waals surface area contributed by atoms with E-state index < -0.39 is 0 Å². The van der Waals surface area contributed by atoms with Gasteiger partial charge in [0.2, 0.25) is 0 Å². The number of carbonyl (C=O) groups is 1. The van der Waals surface area contributed by atoms with Gasteiger partial charge in [0.25, 0.3) is 0 Å². The molecule has 1 heterocycles. The highest BCUT2D eigenvalue weighted by molar-refractivity contribution is 6.30. The summed E-state index contributed by atoms with van der Waals surface area (Å²) in [4.78, 5) is 12.6. The molecule has 4 nitrogen and oxygen atoms in total. The van der Waals surface area contributed by atoms with Crippen LogP contribution in [0.1, 0.15) is 35.1 Å². The molecular formula is C27H23ClN2O2. The molecule has 0 radical (unpaired) electrons. The molecule has 32 heavy (non-hydrogen) atoms. The van der Waals surface area contributed by atoms with E-state index in [0.29, 0.717) is 5.02 Å².